The van der Waals surface area contributed by atoms with Gasteiger partial charge in [-0.1, -0.05) is 0 Å². The van der Waals surface area contributed by atoms with Crippen molar-refractivity contribution in [3.8, 4) is 5.75 Å². The molecular formula is C13H18N2O5. The molecule has 7 nitrogen and oxygen atoms in total. The van der Waals surface area contributed by atoms with Gasteiger partial charge in [-0.3, -0.25) is 4.79 Å². The summed E-state index contributed by atoms with van der Waals surface area (Å²) in [6.07, 6.45) is -0.825. The third kappa shape index (κ3) is 4.51. The number of rotatable bonds is 7. The molecule has 2 N–H and O–H groups in total. The van der Waals surface area contributed by atoms with Crippen molar-refractivity contribution in [2.24, 2.45) is 0 Å². The maximum atomic E-state index is 11.7. The predicted molar refractivity (Wildman–Crippen MR) is 70.9 cm³/mol. The predicted octanol–water partition coefficient (Wildman–Crippen LogP) is 0.618. The zero-order chi connectivity index (χ0) is 15.1. The summed E-state index contributed by atoms with van der Waals surface area (Å²) in [4.78, 5) is 26.7. The lowest BCUT2D eigenvalue weighted by Gasteiger charge is -2.15. The molecular weight excluding hydrogens is 264 g/mol. The summed E-state index contributed by atoms with van der Waals surface area (Å²) in [5, 5.41) is 11.7. The van der Waals surface area contributed by atoms with Crippen molar-refractivity contribution in [2.75, 3.05) is 20.3 Å². The number of hydrogen-bond donors (Lipinski definition) is 2. The molecule has 0 aromatic carbocycles. The van der Waals surface area contributed by atoms with Crippen LogP contribution in [0.4, 0.5) is 0 Å². The first-order valence-corrected chi connectivity index (χ1v) is 6.10. The Morgan fingerprint density at radius 1 is 1.45 bits per heavy atom. The summed E-state index contributed by atoms with van der Waals surface area (Å²) < 4.78 is 10.2. The van der Waals surface area contributed by atoms with Crippen LogP contribution >= 0.6 is 0 Å². The summed E-state index contributed by atoms with van der Waals surface area (Å²) in [5.41, 5.74) is 0.355. The first-order valence-electron chi connectivity index (χ1n) is 6.10. The number of hydrogen-bond acceptors (Lipinski definition) is 5. The molecule has 0 spiro atoms. The highest BCUT2D eigenvalue weighted by Gasteiger charge is 2.19. The van der Waals surface area contributed by atoms with Crippen molar-refractivity contribution in [1.29, 1.82) is 0 Å². The standard InChI is InChI=1S/C13H18N2O5/c1-8-4-5-10(11(15-8)13(17)18)20-9(2)12(16)14-6-7-19-3/h4-5,9H,6-7H2,1-3H3,(H,14,16)(H,17,18). The Labute approximate surface area is 116 Å². The summed E-state index contributed by atoms with van der Waals surface area (Å²) in [5.74, 6) is -1.48. The summed E-state index contributed by atoms with van der Waals surface area (Å²) >= 11 is 0. The van der Waals surface area contributed by atoms with E-state index in [2.05, 4.69) is 10.3 Å². The number of methoxy groups -OCH3 is 1. The second-order valence-corrected chi connectivity index (χ2v) is 4.15. The molecule has 1 amide bonds. The Hall–Kier alpha value is -2.15. The smallest absolute Gasteiger partial charge is 0.358 e. The third-order valence-corrected chi connectivity index (χ3v) is 2.48. The van der Waals surface area contributed by atoms with Gasteiger partial charge in [0, 0.05) is 19.3 Å². The minimum Gasteiger partial charge on any atom is -0.478 e. The molecule has 1 aromatic heterocycles. The van der Waals surface area contributed by atoms with E-state index in [-0.39, 0.29) is 17.4 Å². The van der Waals surface area contributed by atoms with Crippen LogP contribution in [0.1, 0.15) is 23.1 Å². The molecule has 7 heteroatoms. The first-order chi connectivity index (χ1) is 9.45. The molecule has 1 rings (SSSR count). The second-order valence-electron chi connectivity index (χ2n) is 4.15. The molecule has 0 aliphatic rings. The van der Waals surface area contributed by atoms with Crippen LogP contribution < -0.4 is 10.1 Å². The average molecular weight is 282 g/mol. The lowest BCUT2D eigenvalue weighted by Crippen LogP contribution is -2.38. The second kappa shape index (κ2) is 7.44. The van der Waals surface area contributed by atoms with Gasteiger partial charge in [-0.2, -0.15) is 0 Å². The van der Waals surface area contributed by atoms with Crippen LogP contribution in [-0.2, 0) is 9.53 Å². The van der Waals surface area contributed by atoms with Gasteiger partial charge in [0.15, 0.2) is 17.5 Å². The van der Waals surface area contributed by atoms with Crippen molar-refractivity contribution in [1.82, 2.24) is 10.3 Å². The molecule has 20 heavy (non-hydrogen) atoms. The van der Waals surface area contributed by atoms with E-state index in [1.54, 1.807) is 13.0 Å². The van der Waals surface area contributed by atoms with Gasteiger partial charge in [0.05, 0.1) is 6.61 Å². The quantitative estimate of drug-likeness (QED) is 0.711. The number of carbonyl (C=O) groups excluding carboxylic acids is 1. The van der Waals surface area contributed by atoms with Gasteiger partial charge in [0.1, 0.15) is 0 Å². The number of ether oxygens (including phenoxy) is 2. The molecule has 0 bridgehead atoms. The van der Waals surface area contributed by atoms with Crippen molar-refractivity contribution >= 4 is 11.9 Å². The third-order valence-electron chi connectivity index (χ3n) is 2.48. The SMILES string of the molecule is COCCNC(=O)C(C)Oc1ccc(C)nc1C(=O)O. The van der Waals surface area contributed by atoms with Crippen molar-refractivity contribution in [2.45, 2.75) is 20.0 Å². The zero-order valence-electron chi connectivity index (χ0n) is 11.7. The molecule has 110 valence electrons. The van der Waals surface area contributed by atoms with E-state index >= 15 is 0 Å². The van der Waals surface area contributed by atoms with Gasteiger partial charge in [-0.25, -0.2) is 9.78 Å². The van der Waals surface area contributed by atoms with E-state index in [1.807, 2.05) is 0 Å². The number of pyridine rings is 1. The molecule has 0 aliphatic heterocycles. The Kier molecular flexibility index (Phi) is 5.92. The monoisotopic (exact) mass is 282 g/mol. The number of nitrogens with zero attached hydrogens (tertiary/aromatic N) is 1. The number of carboxylic acid groups (broad SMARTS) is 1. The number of aromatic nitrogens is 1. The maximum Gasteiger partial charge on any atom is 0.358 e. The van der Waals surface area contributed by atoms with Crippen molar-refractivity contribution in [3.05, 3.63) is 23.5 Å². The van der Waals surface area contributed by atoms with Crippen LogP contribution in [0.2, 0.25) is 0 Å². The van der Waals surface area contributed by atoms with Gasteiger partial charge in [0.25, 0.3) is 5.91 Å². The molecule has 1 atom stereocenters. The summed E-state index contributed by atoms with van der Waals surface area (Å²) in [6.45, 7) is 3.97. The molecule has 1 unspecified atom stereocenters. The highest BCUT2D eigenvalue weighted by molar-refractivity contribution is 5.89. The van der Waals surface area contributed by atoms with E-state index in [0.717, 1.165) is 0 Å². The van der Waals surface area contributed by atoms with Gasteiger partial charge in [-0.05, 0) is 26.0 Å². The van der Waals surface area contributed by atoms with E-state index in [1.165, 1.54) is 20.1 Å². The molecule has 1 heterocycles. The average Bonchev–Trinajstić information content (AvgIpc) is 2.40. The number of carbonyl (C=O) groups is 2. The van der Waals surface area contributed by atoms with Gasteiger partial charge >= 0.3 is 5.97 Å². The lowest BCUT2D eigenvalue weighted by molar-refractivity contribution is -0.127. The van der Waals surface area contributed by atoms with Gasteiger partial charge < -0.3 is 19.9 Å². The Balaban J connectivity index is 2.72. The van der Waals surface area contributed by atoms with Crippen LogP contribution in [0.5, 0.6) is 5.75 Å². The van der Waals surface area contributed by atoms with E-state index < -0.39 is 12.1 Å². The fourth-order valence-electron chi connectivity index (χ4n) is 1.46. The van der Waals surface area contributed by atoms with Crippen LogP contribution in [0.25, 0.3) is 0 Å². The number of aryl methyl sites for hydroxylation is 1. The molecule has 0 fully saturated rings. The Morgan fingerprint density at radius 3 is 2.75 bits per heavy atom. The van der Waals surface area contributed by atoms with E-state index in [9.17, 15) is 9.59 Å². The highest BCUT2D eigenvalue weighted by Crippen LogP contribution is 2.18. The van der Waals surface area contributed by atoms with Crippen LogP contribution in [0.15, 0.2) is 12.1 Å². The van der Waals surface area contributed by atoms with Crippen molar-refractivity contribution < 1.29 is 24.2 Å². The highest BCUT2D eigenvalue weighted by atomic mass is 16.5. The van der Waals surface area contributed by atoms with Gasteiger partial charge in [0.2, 0.25) is 0 Å². The fraction of sp³-hybridized carbons (Fsp3) is 0.462. The minimum atomic E-state index is -1.20. The largest absolute Gasteiger partial charge is 0.478 e. The summed E-state index contributed by atoms with van der Waals surface area (Å²) in [7, 11) is 1.53. The fourth-order valence-corrected chi connectivity index (χ4v) is 1.46. The van der Waals surface area contributed by atoms with Crippen LogP contribution in [-0.4, -0.2) is 48.3 Å². The van der Waals surface area contributed by atoms with Crippen LogP contribution in [0.3, 0.4) is 0 Å². The molecule has 0 saturated heterocycles. The number of carboxylic acids is 1. The lowest BCUT2D eigenvalue weighted by atomic mass is 10.2. The number of amides is 1. The first kappa shape index (κ1) is 15.9. The maximum absolute atomic E-state index is 11.7. The van der Waals surface area contributed by atoms with Gasteiger partial charge in [-0.15, -0.1) is 0 Å². The Morgan fingerprint density at radius 2 is 2.15 bits per heavy atom. The topological polar surface area (TPSA) is 97.8 Å². The van der Waals surface area contributed by atoms with Crippen LogP contribution in [0, 0.1) is 6.92 Å². The van der Waals surface area contributed by atoms with Crippen molar-refractivity contribution in [3.63, 3.8) is 0 Å². The summed E-state index contributed by atoms with van der Waals surface area (Å²) in [6, 6.07) is 3.11. The molecule has 0 radical (unpaired) electrons. The normalized spacial score (nSPS) is 11.8. The molecule has 1 aromatic rings. The molecule has 0 saturated carbocycles. The van der Waals surface area contributed by atoms with E-state index in [4.69, 9.17) is 14.6 Å². The minimum absolute atomic E-state index is 0.0671. The number of aromatic carboxylic acids is 1. The molecule has 0 aliphatic carbocycles. The Bertz CT molecular complexity index is 490. The zero-order valence-corrected chi connectivity index (χ0v) is 11.7. The number of nitrogens with one attached hydrogen (secondary N) is 1. The van der Waals surface area contributed by atoms with E-state index in [0.29, 0.717) is 18.8 Å².